The van der Waals surface area contributed by atoms with Crippen LogP contribution in [0.1, 0.15) is 12.8 Å². The van der Waals surface area contributed by atoms with Gasteiger partial charge in [-0.2, -0.15) is 0 Å². The van der Waals surface area contributed by atoms with Crippen LogP contribution in [0, 0.1) is 5.92 Å². The highest BCUT2D eigenvalue weighted by Gasteiger charge is 2.19. The molecule has 3 aromatic rings. The summed E-state index contributed by atoms with van der Waals surface area (Å²) in [7, 11) is 3.22. The average molecular weight is 474 g/mol. The highest BCUT2D eigenvalue weighted by atomic mass is 35.5. The lowest BCUT2D eigenvalue weighted by molar-refractivity contribution is 0.395. The summed E-state index contributed by atoms with van der Waals surface area (Å²) in [6.07, 6.45) is 6.32. The number of piperidine rings is 1. The maximum atomic E-state index is 6.33. The summed E-state index contributed by atoms with van der Waals surface area (Å²) in [6.45, 7) is 2.85. The van der Waals surface area contributed by atoms with Crippen LogP contribution >= 0.6 is 36.4 Å². The molecule has 0 spiro atoms. The van der Waals surface area contributed by atoms with E-state index in [4.69, 9.17) is 31.8 Å². The SMILES string of the molecule is COc1cc(OC)c(-c2cn3ccc(N4CCC(CN)CC4)cc3n2)cc1Cl.Cl.Cl. The number of nitrogens with zero attached hydrogens (tertiary/aromatic N) is 3. The van der Waals surface area contributed by atoms with Crippen LogP contribution in [0.15, 0.2) is 36.7 Å². The van der Waals surface area contributed by atoms with Gasteiger partial charge in [-0.3, -0.25) is 0 Å². The van der Waals surface area contributed by atoms with Gasteiger partial charge in [0.2, 0.25) is 0 Å². The topological polar surface area (TPSA) is 65.0 Å². The zero-order chi connectivity index (χ0) is 19.7. The summed E-state index contributed by atoms with van der Waals surface area (Å²) in [4.78, 5) is 7.22. The molecule has 2 N–H and O–H groups in total. The van der Waals surface area contributed by atoms with E-state index in [0.717, 1.165) is 49.4 Å². The third-order valence-electron chi connectivity index (χ3n) is 5.51. The molecule has 0 saturated carbocycles. The van der Waals surface area contributed by atoms with Crippen molar-refractivity contribution < 1.29 is 9.47 Å². The summed E-state index contributed by atoms with van der Waals surface area (Å²) in [5, 5.41) is 0.527. The molecule has 2 aromatic heterocycles. The van der Waals surface area contributed by atoms with Gasteiger partial charge in [-0.25, -0.2) is 4.98 Å². The first kappa shape index (κ1) is 24.4. The Morgan fingerprint density at radius 1 is 1.10 bits per heavy atom. The van der Waals surface area contributed by atoms with Gasteiger partial charge >= 0.3 is 0 Å². The van der Waals surface area contributed by atoms with Gasteiger partial charge in [-0.1, -0.05) is 11.6 Å². The molecule has 9 heteroatoms. The fourth-order valence-corrected chi connectivity index (χ4v) is 4.03. The van der Waals surface area contributed by atoms with Crippen LogP contribution in [0.4, 0.5) is 5.69 Å². The Kier molecular flexibility index (Phi) is 8.50. The van der Waals surface area contributed by atoms with Gasteiger partial charge in [-0.15, -0.1) is 24.8 Å². The molecular weight excluding hydrogens is 447 g/mol. The summed E-state index contributed by atoms with van der Waals surface area (Å²) >= 11 is 6.33. The average Bonchev–Trinajstić information content (AvgIpc) is 3.16. The molecule has 0 amide bonds. The highest BCUT2D eigenvalue weighted by Crippen LogP contribution is 2.38. The van der Waals surface area contributed by atoms with E-state index in [1.807, 2.05) is 22.9 Å². The summed E-state index contributed by atoms with van der Waals surface area (Å²) in [6, 6.07) is 7.89. The van der Waals surface area contributed by atoms with Gasteiger partial charge in [0.25, 0.3) is 0 Å². The van der Waals surface area contributed by atoms with Crippen molar-refractivity contribution in [3.63, 3.8) is 0 Å². The lowest BCUT2D eigenvalue weighted by Crippen LogP contribution is -2.36. The van der Waals surface area contributed by atoms with Crippen LogP contribution in [0.5, 0.6) is 11.5 Å². The van der Waals surface area contributed by atoms with Crippen LogP contribution in [0.3, 0.4) is 0 Å². The standard InChI is InChI=1S/C21H25ClN4O2.2ClH/c1-27-19-11-20(28-2)17(22)10-16(19)18-13-26-8-5-15(9-21(26)24-18)25-6-3-14(12-23)4-7-25;;/h5,8-11,13-14H,3-4,6-7,12,23H2,1-2H3;2*1H. The molecule has 1 saturated heterocycles. The number of benzene rings is 1. The number of ether oxygens (including phenoxy) is 2. The van der Waals surface area contributed by atoms with Gasteiger partial charge in [0.05, 0.1) is 24.9 Å². The fourth-order valence-electron chi connectivity index (χ4n) is 3.78. The zero-order valence-corrected chi connectivity index (χ0v) is 19.4. The molecule has 6 nitrogen and oxygen atoms in total. The Morgan fingerprint density at radius 2 is 1.80 bits per heavy atom. The summed E-state index contributed by atoms with van der Waals surface area (Å²) in [5.74, 6) is 1.90. The third-order valence-corrected chi connectivity index (χ3v) is 5.80. The number of pyridine rings is 1. The Labute approximate surface area is 194 Å². The van der Waals surface area contributed by atoms with E-state index >= 15 is 0 Å². The number of methoxy groups -OCH3 is 2. The maximum Gasteiger partial charge on any atom is 0.141 e. The Bertz CT molecular complexity index is 988. The predicted octanol–water partition coefficient (Wildman–Crippen LogP) is 4.69. The molecule has 0 atom stereocenters. The van der Waals surface area contributed by atoms with E-state index in [0.29, 0.717) is 22.4 Å². The molecule has 1 fully saturated rings. The first-order chi connectivity index (χ1) is 13.6. The number of imidazole rings is 1. The lowest BCUT2D eigenvalue weighted by Gasteiger charge is -2.33. The van der Waals surface area contributed by atoms with Gasteiger partial charge in [0, 0.05) is 48.9 Å². The smallest absolute Gasteiger partial charge is 0.141 e. The van der Waals surface area contributed by atoms with Gasteiger partial charge in [0.15, 0.2) is 0 Å². The lowest BCUT2D eigenvalue weighted by atomic mass is 9.97. The van der Waals surface area contributed by atoms with E-state index < -0.39 is 0 Å². The summed E-state index contributed by atoms with van der Waals surface area (Å²) < 4.78 is 12.8. The number of fused-ring (bicyclic) bond motifs is 1. The Balaban J connectivity index is 0.00000160. The van der Waals surface area contributed by atoms with E-state index in [9.17, 15) is 0 Å². The van der Waals surface area contributed by atoms with Crippen LogP contribution in [-0.2, 0) is 0 Å². The maximum absolute atomic E-state index is 6.33. The minimum Gasteiger partial charge on any atom is -0.496 e. The molecule has 0 aliphatic carbocycles. The number of halogens is 3. The van der Waals surface area contributed by atoms with Crippen molar-refractivity contribution in [3.05, 3.63) is 41.7 Å². The number of rotatable bonds is 5. The molecule has 3 heterocycles. The third kappa shape index (κ3) is 4.72. The minimum atomic E-state index is 0. The quantitative estimate of drug-likeness (QED) is 0.582. The monoisotopic (exact) mass is 472 g/mol. The van der Waals surface area contributed by atoms with Crippen molar-refractivity contribution in [1.82, 2.24) is 9.38 Å². The number of aromatic nitrogens is 2. The highest BCUT2D eigenvalue weighted by molar-refractivity contribution is 6.32. The molecular formula is C21H27Cl3N4O2. The van der Waals surface area contributed by atoms with Gasteiger partial charge in [-0.05, 0) is 37.4 Å². The molecule has 30 heavy (non-hydrogen) atoms. The van der Waals surface area contributed by atoms with Crippen molar-refractivity contribution >= 4 is 47.7 Å². The van der Waals surface area contributed by atoms with Crippen LogP contribution in [-0.4, -0.2) is 43.2 Å². The van der Waals surface area contributed by atoms with Crippen molar-refractivity contribution in [2.45, 2.75) is 12.8 Å². The second-order valence-corrected chi connectivity index (χ2v) is 7.54. The number of hydrogen-bond acceptors (Lipinski definition) is 5. The summed E-state index contributed by atoms with van der Waals surface area (Å²) in [5.41, 5.74) is 9.54. The molecule has 4 rings (SSSR count). The molecule has 164 valence electrons. The van der Waals surface area contributed by atoms with Gasteiger partial charge < -0.3 is 24.5 Å². The van der Waals surface area contributed by atoms with Crippen LogP contribution < -0.4 is 20.1 Å². The molecule has 1 aromatic carbocycles. The second-order valence-electron chi connectivity index (χ2n) is 7.13. The molecule has 0 unspecified atom stereocenters. The molecule has 0 radical (unpaired) electrons. The van der Waals surface area contributed by atoms with E-state index in [-0.39, 0.29) is 24.8 Å². The Hall–Kier alpha value is -1.86. The normalized spacial score (nSPS) is 14.2. The van der Waals surface area contributed by atoms with Gasteiger partial charge in [0.1, 0.15) is 17.1 Å². The van der Waals surface area contributed by atoms with Crippen molar-refractivity contribution in [1.29, 1.82) is 0 Å². The van der Waals surface area contributed by atoms with Crippen LogP contribution in [0.2, 0.25) is 5.02 Å². The first-order valence-electron chi connectivity index (χ1n) is 9.48. The largest absolute Gasteiger partial charge is 0.496 e. The van der Waals surface area contributed by atoms with Crippen molar-refractivity contribution in [2.75, 3.05) is 38.8 Å². The molecule has 1 aliphatic rings. The fraction of sp³-hybridized carbons (Fsp3) is 0.381. The van der Waals surface area contributed by atoms with Crippen molar-refractivity contribution in [2.24, 2.45) is 11.7 Å². The van der Waals surface area contributed by atoms with E-state index in [1.165, 1.54) is 5.69 Å². The first-order valence-corrected chi connectivity index (χ1v) is 9.86. The number of anilines is 1. The zero-order valence-electron chi connectivity index (χ0n) is 17.0. The molecule has 0 bridgehead atoms. The van der Waals surface area contributed by atoms with E-state index in [1.54, 1.807) is 20.3 Å². The van der Waals surface area contributed by atoms with Crippen LogP contribution in [0.25, 0.3) is 16.9 Å². The Morgan fingerprint density at radius 3 is 2.43 bits per heavy atom. The molecule has 1 aliphatic heterocycles. The number of hydrogen-bond donors (Lipinski definition) is 1. The predicted molar refractivity (Wildman–Crippen MR) is 127 cm³/mol. The minimum absolute atomic E-state index is 0. The second kappa shape index (κ2) is 10.4. The van der Waals surface area contributed by atoms with Crippen molar-refractivity contribution in [3.8, 4) is 22.8 Å². The van der Waals surface area contributed by atoms with E-state index in [2.05, 4.69) is 17.0 Å². The number of nitrogens with two attached hydrogens (primary N) is 1.